The van der Waals surface area contributed by atoms with Gasteiger partial charge in [-0.1, -0.05) is 46.3 Å². The lowest BCUT2D eigenvalue weighted by atomic mass is 9.35. The molecule has 0 radical (unpaired) electrons. The van der Waals surface area contributed by atoms with E-state index >= 15 is 0 Å². The van der Waals surface area contributed by atoms with Gasteiger partial charge >= 0.3 is 0 Å². The average molecular weight is 459 g/mol. The number of carbonyl (C=O) groups is 1. The van der Waals surface area contributed by atoms with E-state index in [1.807, 2.05) is 0 Å². The van der Waals surface area contributed by atoms with Gasteiger partial charge in [0.1, 0.15) is 6.10 Å². The van der Waals surface area contributed by atoms with Crippen molar-refractivity contribution in [1.29, 1.82) is 0 Å². The van der Waals surface area contributed by atoms with E-state index in [9.17, 15) is 15.0 Å². The molecule has 0 aromatic carbocycles. The fourth-order valence-corrected chi connectivity index (χ4v) is 10.3. The van der Waals surface area contributed by atoms with Crippen molar-refractivity contribution < 1.29 is 15.0 Å². The standard InChI is InChI=1S/C30H50O3/c1-19(2)10-9-15-30(8,33)21-13-16-28(6)20(21)11-12-24-27(5)18-22(31)25(32)26(3,4)23(27)14-17-29(24,28)7/h10,20-24,31,33H,9,11-18H2,1-8H3. The van der Waals surface area contributed by atoms with E-state index in [-0.39, 0.29) is 22.0 Å². The van der Waals surface area contributed by atoms with Gasteiger partial charge in [0, 0.05) is 5.41 Å². The van der Waals surface area contributed by atoms with Crippen molar-refractivity contribution in [2.75, 3.05) is 0 Å². The zero-order valence-electron chi connectivity index (χ0n) is 22.6. The van der Waals surface area contributed by atoms with E-state index in [0.717, 1.165) is 25.7 Å². The number of hydrogen-bond donors (Lipinski definition) is 2. The molecule has 0 aromatic rings. The highest BCUT2D eigenvalue weighted by Gasteiger charge is 2.70. The van der Waals surface area contributed by atoms with Crippen molar-refractivity contribution in [3.05, 3.63) is 11.6 Å². The predicted octanol–water partition coefficient (Wildman–Crippen LogP) is 6.71. The zero-order valence-corrected chi connectivity index (χ0v) is 22.6. The minimum Gasteiger partial charge on any atom is -0.390 e. The number of fused-ring (bicyclic) bond motifs is 5. The largest absolute Gasteiger partial charge is 0.390 e. The molecule has 188 valence electrons. The number of Topliss-reactive ketones (excluding diaryl/α,β-unsaturated/α-hetero) is 1. The zero-order chi connectivity index (χ0) is 24.6. The van der Waals surface area contributed by atoms with Gasteiger partial charge in [-0.25, -0.2) is 0 Å². The third-order valence-electron chi connectivity index (χ3n) is 12.1. The molecule has 4 aliphatic rings. The Kier molecular flexibility index (Phi) is 6.10. The Morgan fingerprint density at radius 1 is 1.00 bits per heavy atom. The molecule has 4 aliphatic carbocycles. The number of hydrogen-bond acceptors (Lipinski definition) is 3. The van der Waals surface area contributed by atoms with E-state index in [1.165, 1.54) is 31.3 Å². The van der Waals surface area contributed by atoms with Gasteiger partial charge in [-0.3, -0.25) is 4.79 Å². The van der Waals surface area contributed by atoms with Gasteiger partial charge in [0.2, 0.25) is 0 Å². The maximum Gasteiger partial charge on any atom is 0.167 e. The Labute approximate surface area is 202 Å². The topological polar surface area (TPSA) is 57.5 Å². The first-order valence-electron chi connectivity index (χ1n) is 13.7. The SMILES string of the molecule is CC(C)=CCCC(C)(O)C1CCC2(C)C1CCC1C3(C)CC(O)C(=O)C(C)(C)C3CCC12C. The van der Waals surface area contributed by atoms with Gasteiger partial charge in [-0.2, -0.15) is 0 Å². The van der Waals surface area contributed by atoms with Crippen molar-refractivity contribution in [1.82, 2.24) is 0 Å². The van der Waals surface area contributed by atoms with Crippen LogP contribution in [0, 0.1) is 45.3 Å². The molecule has 3 heteroatoms. The molecule has 3 nitrogen and oxygen atoms in total. The molecule has 4 saturated carbocycles. The molecule has 0 saturated heterocycles. The van der Waals surface area contributed by atoms with Gasteiger partial charge in [-0.05, 0) is 118 Å². The molecule has 0 spiro atoms. The van der Waals surface area contributed by atoms with Crippen LogP contribution in [0.15, 0.2) is 11.6 Å². The van der Waals surface area contributed by atoms with Gasteiger partial charge in [0.05, 0.1) is 5.60 Å². The number of ketones is 1. The second-order valence-corrected chi connectivity index (χ2v) is 14.3. The van der Waals surface area contributed by atoms with Crippen LogP contribution in [-0.4, -0.2) is 27.7 Å². The molecular weight excluding hydrogens is 408 g/mol. The second kappa shape index (κ2) is 7.92. The molecule has 0 amide bonds. The number of allylic oxidation sites excluding steroid dienone is 2. The monoisotopic (exact) mass is 458 g/mol. The van der Waals surface area contributed by atoms with Crippen LogP contribution in [0.5, 0.6) is 0 Å². The molecule has 9 atom stereocenters. The third kappa shape index (κ3) is 3.53. The third-order valence-corrected chi connectivity index (χ3v) is 12.1. The molecule has 4 rings (SSSR count). The molecule has 0 aromatic heterocycles. The summed E-state index contributed by atoms with van der Waals surface area (Å²) in [6.45, 7) is 18.0. The van der Waals surface area contributed by atoms with E-state index in [4.69, 9.17) is 0 Å². The summed E-state index contributed by atoms with van der Waals surface area (Å²) < 4.78 is 0. The summed E-state index contributed by atoms with van der Waals surface area (Å²) in [7, 11) is 0. The first kappa shape index (κ1) is 25.4. The Morgan fingerprint density at radius 3 is 2.27 bits per heavy atom. The predicted molar refractivity (Wildman–Crippen MR) is 135 cm³/mol. The van der Waals surface area contributed by atoms with E-state index in [2.05, 4.69) is 61.5 Å². The summed E-state index contributed by atoms with van der Waals surface area (Å²) in [4.78, 5) is 12.9. The van der Waals surface area contributed by atoms with Gasteiger partial charge in [0.25, 0.3) is 0 Å². The van der Waals surface area contributed by atoms with Crippen molar-refractivity contribution >= 4 is 5.78 Å². The molecule has 0 heterocycles. The summed E-state index contributed by atoms with van der Waals surface area (Å²) in [5.74, 6) is 1.86. The van der Waals surface area contributed by atoms with Crippen molar-refractivity contribution in [3.8, 4) is 0 Å². The average Bonchev–Trinajstić information content (AvgIpc) is 3.05. The Balaban J connectivity index is 1.64. The molecule has 33 heavy (non-hydrogen) atoms. The first-order valence-corrected chi connectivity index (χ1v) is 13.7. The number of aliphatic hydroxyl groups excluding tert-OH is 1. The van der Waals surface area contributed by atoms with Gasteiger partial charge in [-0.15, -0.1) is 0 Å². The van der Waals surface area contributed by atoms with Crippen LogP contribution < -0.4 is 0 Å². The van der Waals surface area contributed by atoms with Crippen molar-refractivity contribution in [3.63, 3.8) is 0 Å². The van der Waals surface area contributed by atoms with E-state index in [0.29, 0.717) is 30.1 Å². The minimum atomic E-state index is -0.818. The molecule has 0 aliphatic heterocycles. The summed E-state index contributed by atoms with van der Waals surface area (Å²) in [6, 6.07) is 0. The Bertz CT molecular complexity index is 820. The van der Waals surface area contributed by atoms with Crippen molar-refractivity contribution in [2.24, 2.45) is 45.3 Å². The van der Waals surface area contributed by atoms with Crippen LogP contribution in [-0.2, 0) is 4.79 Å². The van der Waals surface area contributed by atoms with Gasteiger partial charge < -0.3 is 10.2 Å². The number of carbonyl (C=O) groups excluding carboxylic acids is 1. The highest BCUT2D eigenvalue weighted by atomic mass is 16.3. The smallest absolute Gasteiger partial charge is 0.167 e. The summed E-state index contributed by atoms with van der Waals surface area (Å²) >= 11 is 0. The van der Waals surface area contributed by atoms with Gasteiger partial charge in [0.15, 0.2) is 5.78 Å². The van der Waals surface area contributed by atoms with Crippen molar-refractivity contribution in [2.45, 2.75) is 125 Å². The second-order valence-electron chi connectivity index (χ2n) is 14.3. The maximum absolute atomic E-state index is 12.9. The van der Waals surface area contributed by atoms with Crippen LogP contribution in [0.1, 0.15) is 113 Å². The highest BCUT2D eigenvalue weighted by Crippen LogP contribution is 2.75. The molecule has 9 unspecified atom stereocenters. The molecule has 4 fully saturated rings. The quantitative estimate of drug-likeness (QED) is 0.460. The van der Waals surface area contributed by atoms with E-state index in [1.54, 1.807) is 0 Å². The van der Waals surface area contributed by atoms with Crippen LogP contribution in [0.4, 0.5) is 0 Å². The van der Waals surface area contributed by atoms with Crippen LogP contribution in [0.25, 0.3) is 0 Å². The van der Waals surface area contributed by atoms with Crippen LogP contribution >= 0.6 is 0 Å². The fourth-order valence-electron chi connectivity index (χ4n) is 10.3. The first-order chi connectivity index (χ1) is 15.1. The Hall–Kier alpha value is -0.670. The molecular formula is C30H50O3. The number of rotatable bonds is 4. The lowest BCUT2D eigenvalue weighted by Crippen LogP contribution is -2.65. The minimum absolute atomic E-state index is 0.00184. The lowest BCUT2D eigenvalue weighted by Gasteiger charge is -2.69. The Morgan fingerprint density at radius 2 is 1.64 bits per heavy atom. The molecule has 2 N–H and O–H groups in total. The van der Waals surface area contributed by atoms with Crippen LogP contribution in [0.3, 0.4) is 0 Å². The lowest BCUT2D eigenvalue weighted by molar-refractivity contribution is -0.217. The highest BCUT2D eigenvalue weighted by molar-refractivity contribution is 5.89. The maximum atomic E-state index is 12.9. The number of aliphatic hydroxyl groups is 2. The molecule has 0 bridgehead atoms. The van der Waals surface area contributed by atoms with Crippen LogP contribution in [0.2, 0.25) is 0 Å². The fraction of sp³-hybridized carbons (Fsp3) is 0.900. The summed E-state index contributed by atoms with van der Waals surface area (Å²) in [6.07, 6.45) is 10.8. The summed E-state index contributed by atoms with van der Waals surface area (Å²) in [5.41, 5.74) is 0.679. The summed E-state index contributed by atoms with van der Waals surface area (Å²) in [5, 5.41) is 22.5. The van der Waals surface area contributed by atoms with E-state index < -0.39 is 17.1 Å². The normalized spacial score (nSPS) is 48.3.